The highest BCUT2D eigenvalue weighted by molar-refractivity contribution is 6.08. The summed E-state index contributed by atoms with van der Waals surface area (Å²) in [6.45, 7) is 7.35. The Balaban J connectivity index is 1.50. The molecule has 180 valence electrons. The number of ether oxygens (including phenoxy) is 1. The molecule has 9 heteroatoms. The first-order chi connectivity index (χ1) is 15.4. The third-order valence-corrected chi connectivity index (χ3v) is 6.22. The molecule has 1 aromatic carbocycles. The molecule has 1 aliphatic carbocycles. The fourth-order valence-electron chi connectivity index (χ4n) is 5.19. The average molecular weight is 462 g/mol. The van der Waals surface area contributed by atoms with Crippen LogP contribution in [0.1, 0.15) is 52.5 Å². The Hall–Kier alpha value is -2.97. The molecule has 2 N–H and O–H groups in total. The zero-order valence-corrected chi connectivity index (χ0v) is 19.6. The van der Waals surface area contributed by atoms with Gasteiger partial charge in [-0.15, -0.1) is 0 Å². The zero-order chi connectivity index (χ0) is 24.4. The van der Waals surface area contributed by atoms with Gasteiger partial charge in [0.05, 0.1) is 0 Å². The van der Waals surface area contributed by atoms with Crippen LogP contribution in [0, 0.1) is 17.2 Å². The topological polar surface area (TPSA) is 105 Å². The summed E-state index contributed by atoms with van der Waals surface area (Å²) in [7, 11) is 0. The van der Waals surface area contributed by atoms with E-state index in [0.29, 0.717) is 19.3 Å². The van der Waals surface area contributed by atoms with E-state index >= 15 is 0 Å². The van der Waals surface area contributed by atoms with Gasteiger partial charge in [-0.1, -0.05) is 32.9 Å². The van der Waals surface area contributed by atoms with Crippen molar-refractivity contribution in [2.45, 2.75) is 65.0 Å². The highest BCUT2D eigenvalue weighted by atomic mass is 19.1. The lowest BCUT2D eigenvalue weighted by Gasteiger charge is -2.43. The van der Waals surface area contributed by atoms with Crippen LogP contribution in [-0.2, 0) is 25.5 Å². The number of nitrogens with one attached hydrogen (secondary N) is 2. The van der Waals surface area contributed by atoms with E-state index in [0.717, 1.165) is 16.9 Å². The minimum absolute atomic E-state index is 0.113. The Morgan fingerprint density at radius 2 is 1.91 bits per heavy atom. The molecule has 4 amide bonds. The molecule has 3 rings (SSSR count). The maximum atomic E-state index is 13.1. The molecule has 33 heavy (non-hydrogen) atoms. The average Bonchev–Trinajstić information content (AvgIpc) is 2.90. The van der Waals surface area contributed by atoms with Gasteiger partial charge in [-0.25, -0.2) is 9.18 Å². The molecule has 1 aliphatic heterocycles. The number of carbonyl (C=O) groups excluding carboxylic acids is 4. The summed E-state index contributed by atoms with van der Waals surface area (Å²) in [6, 6.07) is 5.33. The summed E-state index contributed by atoms with van der Waals surface area (Å²) in [4.78, 5) is 51.1. The first kappa shape index (κ1) is 24.7. The molecule has 3 atom stereocenters. The molecule has 1 saturated heterocycles. The van der Waals surface area contributed by atoms with Gasteiger partial charge in [-0.05, 0) is 61.6 Å². The summed E-state index contributed by atoms with van der Waals surface area (Å²) in [5, 5.41) is 5.46. The fraction of sp³-hybridized carbons (Fsp3) is 0.583. The predicted molar refractivity (Wildman–Crippen MR) is 118 cm³/mol. The Morgan fingerprint density at radius 1 is 1.24 bits per heavy atom. The molecule has 2 fully saturated rings. The van der Waals surface area contributed by atoms with Crippen molar-refractivity contribution in [1.29, 1.82) is 0 Å². The van der Waals surface area contributed by atoms with Gasteiger partial charge < -0.3 is 15.4 Å². The van der Waals surface area contributed by atoms with Crippen LogP contribution in [0.25, 0.3) is 0 Å². The number of amides is 4. The van der Waals surface area contributed by atoms with E-state index in [1.165, 1.54) is 19.1 Å². The minimum atomic E-state index is -1.09. The van der Waals surface area contributed by atoms with Crippen molar-refractivity contribution in [1.82, 2.24) is 15.5 Å². The van der Waals surface area contributed by atoms with Crippen LogP contribution in [0.4, 0.5) is 9.18 Å². The van der Waals surface area contributed by atoms with Gasteiger partial charge in [0.15, 0.2) is 6.10 Å². The highest BCUT2D eigenvalue weighted by Gasteiger charge is 2.56. The van der Waals surface area contributed by atoms with Crippen LogP contribution < -0.4 is 10.6 Å². The van der Waals surface area contributed by atoms with Crippen molar-refractivity contribution in [2.24, 2.45) is 11.3 Å². The van der Waals surface area contributed by atoms with Crippen LogP contribution >= 0.6 is 0 Å². The normalized spacial score (nSPS) is 25.0. The third kappa shape index (κ3) is 5.89. The van der Waals surface area contributed by atoms with E-state index in [2.05, 4.69) is 31.4 Å². The van der Waals surface area contributed by atoms with Crippen LogP contribution in [-0.4, -0.2) is 53.4 Å². The molecule has 0 bridgehead atoms. The first-order valence-electron chi connectivity index (χ1n) is 11.3. The molecule has 0 radical (unpaired) electrons. The smallest absolute Gasteiger partial charge is 0.327 e. The van der Waals surface area contributed by atoms with Gasteiger partial charge >= 0.3 is 12.0 Å². The monoisotopic (exact) mass is 461 g/mol. The lowest BCUT2D eigenvalue weighted by atomic mass is 9.64. The Labute approximate surface area is 193 Å². The van der Waals surface area contributed by atoms with Gasteiger partial charge in [-0.2, -0.15) is 0 Å². The fourth-order valence-corrected chi connectivity index (χ4v) is 5.19. The van der Waals surface area contributed by atoms with Gasteiger partial charge in [0.1, 0.15) is 17.9 Å². The Bertz CT molecular complexity index is 933. The van der Waals surface area contributed by atoms with Crippen molar-refractivity contribution in [3.05, 3.63) is 35.6 Å². The molecular weight excluding hydrogens is 429 g/mol. The Kier molecular flexibility index (Phi) is 7.09. The van der Waals surface area contributed by atoms with E-state index in [1.807, 2.05) is 0 Å². The van der Waals surface area contributed by atoms with Gasteiger partial charge in [0.25, 0.3) is 11.8 Å². The lowest BCUT2D eigenvalue weighted by molar-refractivity contribution is -0.157. The highest BCUT2D eigenvalue weighted by Crippen LogP contribution is 2.46. The molecule has 0 aromatic heterocycles. The SMILES string of the molecule is CC1CC(C)(C)CC2(C1)NC(=O)N(CC(=O)OC(C)C(=O)NCCc1ccc(F)cc1)C2=O. The van der Waals surface area contributed by atoms with Crippen LogP contribution in [0.2, 0.25) is 0 Å². The van der Waals surface area contributed by atoms with Crippen LogP contribution in [0.5, 0.6) is 0 Å². The number of hydrogen-bond donors (Lipinski definition) is 2. The van der Waals surface area contributed by atoms with Gasteiger partial charge in [0, 0.05) is 6.54 Å². The van der Waals surface area contributed by atoms with E-state index < -0.39 is 42.0 Å². The molecule has 1 saturated carbocycles. The number of nitrogens with zero attached hydrogens (tertiary/aromatic N) is 1. The number of benzene rings is 1. The number of halogens is 1. The molecule has 1 spiro atoms. The van der Waals surface area contributed by atoms with Gasteiger partial charge in [0.2, 0.25) is 0 Å². The molecule has 3 unspecified atom stereocenters. The van der Waals surface area contributed by atoms with Crippen molar-refractivity contribution < 1.29 is 28.3 Å². The van der Waals surface area contributed by atoms with Crippen molar-refractivity contribution >= 4 is 23.8 Å². The van der Waals surface area contributed by atoms with E-state index in [-0.39, 0.29) is 23.7 Å². The molecule has 1 heterocycles. The second-order valence-electron chi connectivity index (χ2n) is 10.1. The molecule has 8 nitrogen and oxygen atoms in total. The largest absolute Gasteiger partial charge is 0.451 e. The standard InChI is InChI=1S/C24H32FN3O5/c1-15-11-23(3,4)14-24(12-15)21(31)28(22(32)27-24)13-19(29)33-16(2)20(30)26-10-9-17-5-7-18(25)8-6-17/h5-8,15-16H,9-14H2,1-4H3,(H,26,30)(H,27,32). The number of imide groups is 1. The summed E-state index contributed by atoms with van der Waals surface area (Å²) in [5.74, 6) is -1.83. The maximum Gasteiger partial charge on any atom is 0.327 e. The van der Waals surface area contributed by atoms with Crippen molar-refractivity contribution in [3.8, 4) is 0 Å². The number of hydrogen-bond acceptors (Lipinski definition) is 5. The minimum Gasteiger partial charge on any atom is -0.451 e. The summed E-state index contributed by atoms with van der Waals surface area (Å²) >= 11 is 0. The number of esters is 1. The molecule has 2 aliphatic rings. The van der Waals surface area contributed by atoms with E-state index in [9.17, 15) is 23.6 Å². The van der Waals surface area contributed by atoms with E-state index in [1.54, 1.807) is 12.1 Å². The third-order valence-electron chi connectivity index (χ3n) is 6.22. The zero-order valence-electron chi connectivity index (χ0n) is 19.6. The lowest BCUT2D eigenvalue weighted by Crippen LogP contribution is -2.54. The van der Waals surface area contributed by atoms with E-state index in [4.69, 9.17) is 4.74 Å². The van der Waals surface area contributed by atoms with Crippen molar-refractivity contribution in [2.75, 3.05) is 13.1 Å². The quantitative estimate of drug-likeness (QED) is 0.480. The van der Waals surface area contributed by atoms with Crippen LogP contribution in [0.15, 0.2) is 24.3 Å². The Morgan fingerprint density at radius 3 is 2.55 bits per heavy atom. The first-order valence-corrected chi connectivity index (χ1v) is 11.3. The summed E-state index contributed by atoms with van der Waals surface area (Å²) in [5.41, 5.74) is -0.256. The molecule has 1 aromatic rings. The maximum absolute atomic E-state index is 13.1. The summed E-state index contributed by atoms with van der Waals surface area (Å²) < 4.78 is 18.1. The second kappa shape index (κ2) is 9.49. The predicted octanol–water partition coefficient (Wildman–Crippen LogP) is 2.55. The van der Waals surface area contributed by atoms with Crippen LogP contribution in [0.3, 0.4) is 0 Å². The number of carbonyl (C=O) groups is 4. The van der Waals surface area contributed by atoms with Crippen molar-refractivity contribution in [3.63, 3.8) is 0 Å². The summed E-state index contributed by atoms with van der Waals surface area (Å²) in [6.07, 6.45) is 1.39. The number of rotatable bonds is 7. The second-order valence-corrected chi connectivity index (χ2v) is 10.1. The van der Waals surface area contributed by atoms with Gasteiger partial charge in [-0.3, -0.25) is 19.3 Å². The molecular formula is C24H32FN3O5. The number of urea groups is 1.